The summed E-state index contributed by atoms with van der Waals surface area (Å²) in [5.74, 6) is 4.35. The number of hydrogen-bond acceptors (Lipinski definition) is 6. The Morgan fingerprint density at radius 2 is 2.06 bits per heavy atom. The fraction of sp³-hybridized carbons (Fsp3) is 0.375. The molecule has 0 saturated carbocycles. The highest BCUT2D eigenvalue weighted by atomic mass is 19.2. The quantitative estimate of drug-likeness (QED) is 0.421. The molecule has 2 atom stereocenters. The van der Waals surface area contributed by atoms with E-state index in [0.29, 0.717) is 29.0 Å². The van der Waals surface area contributed by atoms with Crippen molar-refractivity contribution in [3.8, 4) is 11.8 Å². The minimum Gasteiger partial charge on any atom is -0.376 e. The molecule has 5 heterocycles. The minimum absolute atomic E-state index is 0.0109. The van der Waals surface area contributed by atoms with E-state index in [9.17, 15) is 8.78 Å². The highest BCUT2D eigenvalue weighted by Gasteiger charge is 2.47. The number of ether oxygens (including phenoxy) is 1. The van der Waals surface area contributed by atoms with Gasteiger partial charge in [-0.1, -0.05) is 12.0 Å². The lowest BCUT2D eigenvalue weighted by Gasteiger charge is -2.41. The molecule has 2 aliphatic heterocycles. The van der Waals surface area contributed by atoms with Crippen molar-refractivity contribution < 1.29 is 13.5 Å². The van der Waals surface area contributed by atoms with Gasteiger partial charge in [0.25, 0.3) is 0 Å². The average molecular weight is 463 g/mol. The van der Waals surface area contributed by atoms with Crippen LogP contribution < -0.4 is 10.6 Å². The SMILES string of the molecule is C[C@@H]1OCC2(CCN(c3nc4[nH]nc(C#Cc5cccc(F)c5F)c4c4nccn34)CC2)[C@@H]1N. The summed E-state index contributed by atoms with van der Waals surface area (Å²) in [7, 11) is 0. The van der Waals surface area contributed by atoms with Crippen LogP contribution in [-0.2, 0) is 4.74 Å². The van der Waals surface area contributed by atoms with E-state index in [1.165, 1.54) is 12.1 Å². The van der Waals surface area contributed by atoms with Crippen molar-refractivity contribution in [2.24, 2.45) is 11.1 Å². The third-order valence-corrected chi connectivity index (χ3v) is 7.19. The lowest BCUT2D eigenvalue weighted by atomic mass is 9.73. The van der Waals surface area contributed by atoms with Crippen molar-refractivity contribution in [2.75, 3.05) is 24.6 Å². The molecule has 8 nitrogen and oxygen atoms in total. The van der Waals surface area contributed by atoms with E-state index in [4.69, 9.17) is 15.5 Å². The Morgan fingerprint density at radius 1 is 1.24 bits per heavy atom. The third-order valence-electron chi connectivity index (χ3n) is 7.19. The molecule has 2 saturated heterocycles. The molecule has 2 fully saturated rings. The number of anilines is 1. The number of nitrogens with zero attached hydrogens (tertiary/aromatic N) is 5. The topological polar surface area (TPSA) is 97.4 Å². The Hall–Kier alpha value is -3.55. The zero-order valence-corrected chi connectivity index (χ0v) is 18.6. The maximum absolute atomic E-state index is 14.0. The molecule has 2 aliphatic rings. The molecule has 0 unspecified atom stereocenters. The molecule has 10 heteroatoms. The predicted octanol–water partition coefficient (Wildman–Crippen LogP) is 2.62. The first-order valence-electron chi connectivity index (χ1n) is 11.3. The van der Waals surface area contributed by atoms with E-state index in [2.05, 4.69) is 31.9 Å². The molecule has 6 rings (SSSR count). The molecule has 3 aromatic heterocycles. The number of halogens is 2. The molecule has 0 amide bonds. The van der Waals surface area contributed by atoms with Crippen LogP contribution in [0.25, 0.3) is 16.7 Å². The van der Waals surface area contributed by atoms with Crippen LogP contribution in [-0.4, -0.2) is 56.4 Å². The van der Waals surface area contributed by atoms with Gasteiger partial charge in [-0.05, 0) is 37.8 Å². The summed E-state index contributed by atoms with van der Waals surface area (Å²) < 4.78 is 35.3. The van der Waals surface area contributed by atoms with E-state index in [-0.39, 0.29) is 23.1 Å². The summed E-state index contributed by atoms with van der Waals surface area (Å²) in [5.41, 5.74) is 7.99. The van der Waals surface area contributed by atoms with E-state index in [1.54, 1.807) is 6.20 Å². The van der Waals surface area contributed by atoms with Gasteiger partial charge in [0.15, 0.2) is 22.9 Å². The van der Waals surface area contributed by atoms with Crippen molar-refractivity contribution in [1.29, 1.82) is 0 Å². The number of nitrogens with two attached hydrogens (primary N) is 1. The second-order valence-corrected chi connectivity index (χ2v) is 9.07. The number of H-pyrrole nitrogens is 1. The first-order chi connectivity index (χ1) is 16.5. The number of aromatic nitrogens is 5. The van der Waals surface area contributed by atoms with E-state index >= 15 is 0 Å². The standard InChI is InChI=1S/C24H23F2N7O/c1-14-20(27)24(13-34-14)7-10-32(11-8-24)23-29-21-18(22-28-9-12-33(22)23)17(30-31-21)6-5-15-3-2-4-16(25)19(15)26/h2-4,9,12,14,20H,7-8,10-11,13,27H2,1H3,(H,30,31)/t14-,20+/m0/s1. The molecule has 0 aliphatic carbocycles. The Bertz CT molecular complexity index is 1460. The fourth-order valence-electron chi connectivity index (χ4n) is 5.09. The van der Waals surface area contributed by atoms with Crippen LogP contribution in [0.4, 0.5) is 14.7 Å². The smallest absolute Gasteiger partial charge is 0.213 e. The van der Waals surface area contributed by atoms with Gasteiger partial charge in [-0.2, -0.15) is 10.1 Å². The molecule has 1 aromatic carbocycles. The van der Waals surface area contributed by atoms with Crippen LogP contribution >= 0.6 is 0 Å². The van der Waals surface area contributed by atoms with Crippen LogP contribution in [0.3, 0.4) is 0 Å². The normalized spacial score (nSPS) is 21.9. The molecular formula is C24H23F2N7O. The molecule has 0 radical (unpaired) electrons. The van der Waals surface area contributed by atoms with Crippen LogP contribution in [0.5, 0.6) is 0 Å². The number of benzene rings is 1. The number of hydrogen-bond donors (Lipinski definition) is 2. The Balaban J connectivity index is 1.35. The van der Waals surface area contributed by atoms with Gasteiger partial charge < -0.3 is 15.4 Å². The molecular weight excluding hydrogens is 440 g/mol. The molecule has 174 valence electrons. The monoisotopic (exact) mass is 463 g/mol. The van der Waals surface area contributed by atoms with Crippen LogP contribution in [0, 0.1) is 28.9 Å². The largest absolute Gasteiger partial charge is 0.376 e. The molecule has 4 aromatic rings. The summed E-state index contributed by atoms with van der Waals surface area (Å²) in [4.78, 5) is 11.6. The number of nitrogens with one attached hydrogen (secondary N) is 1. The summed E-state index contributed by atoms with van der Waals surface area (Å²) in [6.07, 6.45) is 5.47. The lowest BCUT2D eigenvalue weighted by Crippen LogP contribution is -2.51. The highest BCUT2D eigenvalue weighted by molar-refractivity contribution is 5.94. The lowest BCUT2D eigenvalue weighted by molar-refractivity contribution is 0.0973. The summed E-state index contributed by atoms with van der Waals surface area (Å²) in [5, 5.41) is 7.83. The van der Waals surface area contributed by atoms with Gasteiger partial charge in [0.2, 0.25) is 5.95 Å². The van der Waals surface area contributed by atoms with Crippen molar-refractivity contribution in [1.82, 2.24) is 24.6 Å². The third kappa shape index (κ3) is 3.15. The second-order valence-electron chi connectivity index (χ2n) is 9.07. The van der Waals surface area contributed by atoms with Crippen molar-refractivity contribution in [2.45, 2.75) is 31.9 Å². The zero-order valence-electron chi connectivity index (χ0n) is 18.6. The van der Waals surface area contributed by atoms with Gasteiger partial charge >= 0.3 is 0 Å². The van der Waals surface area contributed by atoms with Crippen molar-refractivity contribution in [3.63, 3.8) is 0 Å². The number of rotatable bonds is 1. The summed E-state index contributed by atoms with van der Waals surface area (Å²) >= 11 is 0. The molecule has 3 N–H and O–H groups in total. The number of fused-ring (bicyclic) bond motifs is 3. The van der Waals surface area contributed by atoms with E-state index < -0.39 is 11.6 Å². The number of imidazole rings is 1. The van der Waals surface area contributed by atoms with Gasteiger partial charge in [0.1, 0.15) is 5.69 Å². The Labute approximate surface area is 194 Å². The van der Waals surface area contributed by atoms with Crippen molar-refractivity contribution >= 4 is 22.6 Å². The van der Waals surface area contributed by atoms with Crippen LogP contribution in [0.15, 0.2) is 30.6 Å². The summed E-state index contributed by atoms with van der Waals surface area (Å²) in [6, 6.07) is 3.93. The van der Waals surface area contributed by atoms with E-state index in [1.807, 2.05) is 17.5 Å². The first kappa shape index (κ1) is 21.0. The first-order valence-corrected chi connectivity index (χ1v) is 11.3. The van der Waals surface area contributed by atoms with E-state index in [0.717, 1.165) is 37.9 Å². The number of piperidine rings is 1. The van der Waals surface area contributed by atoms with Gasteiger partial charge in [0.05, 0.1) is 23.7 Å². The van der Waals surface area contributed by atoms with Gasteiger partial charge in [-0.25, -0.2) is 13.8 Å². The van der Waals surface area contributed by atoms with Crippen LogP contribution in [0.1, 0.15) is 31.0 Å². The van der Waals surface area contributed by atoms with Crippen LogP contribution in [0.2, 0.25) is 0 Å². The Kier molecular flexibility index (Phi) is 4.79. The molecule has 1 spiro atoms. The van der Waals surface area contributed by atoms with Gasteiger partial charge in [-0.3, -0.25) is 9.50 Å². The molecule has 0 bridgehead atoms. The maximum Gasteiger partial charge on any atom is 0.213 e. The zero-order chi connectivity index (χ0) is 23.4. The predicted molar refractivity (Wildman–Crippen MR) is 122 cm³/mol. The molecule has 34 heavy (non-hydrogen) atoms. The summed E-state index contributed by atoms with van der Waals surface area (Å²) in [6.45, 7) is 4.34. The minimum atomic E-state index is -0.981. The fourth-order valence-corrected chi connectivity index (χ4v) is 5.09. The average Bonchev–Trinajstić information content (AvgIpc) is 3.55. The van der Waals surface area contributed by atoms with Gasteiger partial charge in [-0.15, -0.1) is 0 Å². The second kappa shape index (κ2) is 7.75. The van der Waals surface area contributed by atoms with Crippen molar-refractivity contribution in [3.05, 3.63) is 53.5 Å². The van der Waals surface area contributed by atoms with Gasteiger partial charge in [0, 0.05) is 36.9 Å². The Morgan fingerprint density at radius 3 is 2.82 bits per heavy atom. The highest BCUT2D eigenvalue weighted by Crippen LogP contribution is 2.42. The number of aromatic amines is 1. The maximum atomic E-state index is 14.0.